The molecule has 3 rings (SSSR count). The Morgan fingerprint density at radius 3 is 2.07 bits per heavy atom. The third kappa shape index (κ3) is 3.14. The molecular formula is C17H17NO7S2. The van der Waals surface area contributed by atoms with Crippen LogP contribution in [0.4, 0.5) is 0 Å². The quantitative estimate of drug-likeness (QED) is 0.443. The first-order valence-electron chi connectivity index (χ1n) is 7.86. The second-order valence-corrected chi connectivity index (χ2v) is 9.24. The minimum absolute atomic E-state index is 0.186. The van der Waals surface area contributed by atoms with Crippen molar-refractivity contribution in [3.8, 4) is 11.3 Å². The summed E-state index contributed by atoms with van der Waals surface area (Å²) in [6, 6.07) is 5.84. The molecule has 10 heteroatoms. The minimum Gasteiger partial charge on any atom is -0.453 e. The van der Waals surface area contributed by atoms with Crippen LogP contribution in [0.25, 0.3) is 22.3 Å². The first kappa shape index (κ1) is 19.5. The number of benzene rings is 2. The first-order valence-corrected chi connectivity index (χ1v) is 10.7. The maximum atomic E-state index is 11.9. The Bertz CT molecular complexity index is 1320. The fourth-order valence-corrected chi connectivity index (χ4v) is 4.89. The molecule has 27 heavy (non-hydrogen) atoms. The van der Waals surface area contributed by atoms with Gasteiger partial charge in [-0.3, -0.25) is 14.5 Å². The van der Waals surface area contributed by atoms with Crippen LogP contribution in [0.5, 0.6) is 0 Å². The highest BCUT2D eigenvalue weighted by atomic mass is 32.2. The van der Waals surface area contributed by atoms with E-state index in [1.165, 1.54) is 25.1 Å². The molecule has 2 aliphatic rings. The molecule has 8 nitrogen and oxygen atoms in total. The van der Waals surface area contributed by atoms with Crippen molar-refractivity contribution in [2.75, 3.05) is 0 Å². The SMILES string of the molecule is Cc1ccc2c(C(C)C)c3ccc(=N)c(S(=O)(=O)O)c-3oc2c1S(=O)(=O)O. The number of hydrogen-bond donors (Lipinski definition) is 3. The lowest BCUT2D eigenvalue weighted by molar-refractivity contribution is 0.476. The molecule has 3 N–H and O–H groups in total. The normalized spacial score (nSPS) is 13.0. The van der Waals surface area contributed by atoms with Gasteiger partial charge < -0.3 is 4.42 Å². The molecule has 1 aliphatic heterocycles. The van der Waals surface area contributed by atoms with Crippen molar-refractivity contribution < 1.29 is 30.4 Å². The molecular weight excluding hydrogens is 394 g/mol. The highest BCUT2D eigenvalue weighted by Crippen LogP contribution is 2.42. The summed E-state index contributed by atoms with van der Waals surface area (Å²) in [5.74, 6) is -0.522. The van der Waals surface area contributed by atoms with Crippen LogP contribution in [0.2, 0.25) is 0 Å². The number of aryl methyl sites for hydroxylation is 1. The number of rotatable bonds is 3. The second-order valence-electron chi connectivity index (χ2n) is 6.53. The molecule has 1 aromatic carbocycles. The lowest BCUT2D eigenvalue weighted by atomic mass is 9.91. The molecule has 0 saturated heterocycles. The highest BCUT2D eigenvalue weighted by Gasteiger charge is 2.30. The van der Waals surface area contributed by atoms with E-state index in [1.807, 2.05) is 13.8 Å². The Morgan fingerprint density at radius 1 is 0.963 bits per heavy atom. The van der Waals surface area contributed by atoms with Crippen LogP contribution in [0, 0.1) is 12.3 Å². The molecule has 0 unspecified atom stereocenters. The molecule has 0 aromatic heterocycles. The van der Waals surface area contributed by atoms with E-state index in [0.29, 0.717) is 16.5 Å². The second kappa shape index (κ2) is 6.13. The standard InChI is InChI=1S/C17H17NO7S2/c1-8(2)13-10-5-4-9(3)16(26(19,20)21)14(10)25-15-11(13)6-7-12(18)17(15)27(22,23)24/h4-8,18H,1-3H3,(H,19,20,21)(H,22,23,24). The zero-order valence-electron chi connectivity index (χ0n) is 14.6. The van der Waals surface area contributed by atoms with E-state index < -0.39 is 35.4 Å². The average Bonchev–Trinajstić information content (AvgIpc) is 2.49. The molecule has 0 spiro atoms. The summed E-state index contributed by atoms with van der Waals surface area (Å²) in [5.41, 5.74) is 0.870. The molecule has 0 fully saturated rings. The topological polar surface area (TPSA) is 146 Å². The van der Waals surface area contributed by atoms with E-state index in [-0.39, 0.29) is 22.8 Å². The predicted octanol–water partition coefficient (Wildman–Crippen LogP) is 2.94. The van der Waals surface area contributed by atoms with E-state index >= 15 is 0 Å². The van der Waals surface area contributed by atoms with E-state index in [2.05, 4.69) is 0 Å². The van der Waals surface area contributed by atoms with E-state index in [9.17, 15) is 25.9 Å². The van der Waals surface area contributed by atoms with Crippen LogP contribution in [0.15, 0.2) is 38.5 Å². The van der Waals surface area contributed by atoms with E-state index in [4.69, 9.17) is 9.83 Å². The zero-order chi connectivity index (χ0) is 20.3. The molecule has 1 aromatic rings. The molecule has 144 valence electrons. The summed E-state index contributed by atoms with van der Waals surface area (Å²) in [6.07, 6.45) is 0. The Labute approximate surface area is 155 Å². The Hall–Kier alpha value is -2.27. The van der Waals surface area contributed by atoms with Gasteiger partial charge in [0.1, 0.15) is 4.90 Å². The number of hydrogen-bond acceptors (Lipinski definition) is 6. The zero-order valence-corrected chi connectivity index (χ0v) is 16.3. The summed E-state index contributed by atoms with van der Waals surface area (Å²) in [7, 11) is -9.51. The predicted molar refractivity (Wildman–Crippen MR) is 97.1 cm³/mol. The highest BCUT2D eigenvalue weighted by molar-refractivity contribution is 7.86. The van der Waals surface area contributed by atoms with Gasteiger partial charge in [0.15, 0.2) is 16.2 Å². The van der Waals surface area contributed by atoms with Gasteiger partial charge in [0.2, 0.25) is 0 Å². The van der Waals surface area contributed by atoms with Crippen molar-refractivity contribution in [3.63, 3.8) is 0 Å². The van der Waals surface area contributed by atoms with Crippen molar-refractivity contribution in [2.45, 2.75) is 36.5 Å². The summed E-state index contributed by atoms with van der Waals surface area (Å²) < 4.78 is 72.4. The van der Waals surface area contributed by atoms with Crippen molar-refractivity contribution in [1.82, 2.24) is 0 Å². The van der Waals surface area contributed by atoms with Gasteiger partial charge >= 0.3 is 0 Å². The fourth-order valence-electron chi connectivity index (χ4n) is 3.30. The molecule has 0 atom stereocenters. The van der Waals surface area contributed by atoms with Gasteiger partial charge in [-0.15, -0.1) is 0 Å². The Morgan fingerprint density at radius 2 is 1.56 bits per heavy atom. The third-order valence-electron chi connectivity index (χ3n) is 4.30. The first-order chi connectivity index (χ1) is 12.3. The van der Waals surface area contributed by atoms with Crippen LogP contribution < -0.4 is 5.36 Å². The smallest absolute Gasteiger partial charge is 0.300 e. The summed E-state index contributed by atoms with van der Waals surface area (Å²) >= 11 is 0. The molecule has 0 radical (unpaired) electrons. The monoisotopic (exact) mass is 411 g/mol. The van der Waals surface area contributed by atoms with Gasteiger partial charge in [-0.1, -0.05) is 26.0 Å². The molecule has 1 aliphatic carbocycles. The van der Waals surface area contributed by atoms with Crippen LogP contribution in [-0.4, -0.2) is 25.9 Å². The fraction of sp³-hybridized carbons (Fsp3) is 0.235. The van der Waals surface area contributed by atoms with E-state index in [1.54, 1.807) is 6.07 Å². The van der Waals surface area contributed by atoms with Crippen LogP contribution in [0.1, 0.15) is 30.9 Å². The van der Waals surface area contributed by atoms with Gasteiger partial charge in [0, 0.05) is 10.9 Å². The molecule has 0 bridgehead atoms. The minimum atomic E-state index is -4.82. The molecule has 1 heterocycles. The number of fused-ring (bicyclic) bond motifs is 2. The van der Waals surface area contributed by atoms with Gasteiger partial charge in [-0.2, -0.15) is 16.8 Å². The largest absolute Gasteiger partial charge is 0.453 e. The maximum absolute atomic E-state index is 11.9. The van der Waals surface area contributed by atoms with Crippen molar-refractivity contribution in [2.24, 2.45) is 0 Å². The van der Waals surface area contributed by atoms with Crippen molar-refractivity contribution >= 4 is 31.2 Å². The van der Waals surface area contributed by atoms with Crippen LogP contribution >= 0.6 is 0 Å². The number of nitrogens with one attached hydrogen (secondary N) is 1. The van der Waals surface area contributed by atoms with Gasteiger partial charge in [0.05, 0.1) is 5.36 Å². The van der Waals surface area contributed by atoms with Gasteiger partial charge in [-0.05, 0) is 36.1 Å². The van der Waals surface area contributed by atoms with Gasteiger partial charge in [-0.25, -0.2) is 0 Å². The van der Waals surface area contributed by atoms with Crippen molar-refractivity contribution in [3.05, 3.63) is 40.7 Å². The maximum Gasteiger partial charge on any atom is 0.300 e. The lowest BCUT2D eigenvalue weighted by Gasteiger charge is -2.20. The Kier molecular flexibility index (Phi) is 4.42. The third-order valence-corrected chi connectivity index (χ3v) is 6.24. The van der Waals surface area contributed by atoms with Crippen LogP contribution in [0.3, 0.4) is 0 Å². The summed E-state index contributed by atoms with van der Waals surface area (Å²) in [6.45, 7) is 5.10. The van der Waals surface area contributed by atoms with Crippen LogP contribution in [-0.2, 0) is 20.2 Å². The average molecular weight is 411 g/mol. The Balaban J connectivity index is 2.75. The van der Waals surface area contributed by atoms with E-state index in [0.717, 1.165) is 0 Å². The molecule has 0 amide bonds. The summed E-state index contributed by atoms with van der Waals surface area (Å²) in [4.78, 5) is -1.24. The summed E-state index contributed by atoms with van der Waals surface area (Å²) in [5, 5.41) is 7.73. The lowest BCUT2D eigenvalue weighted by Crippen LogP contribution is -2.17. The van der Waals surface area contributed by atoms with Gasteiger partial charge in [0.25, 0.3) is 20.2 Å². The molecule has 0 saturated carbocycles. The van der Waals surface area contributed by atoms with Crippen molar-refractivity contribution in [1.29, 1.82) is 5.41 Å².